The quantitative estimate of drug-likeness (QED) is 0.427. The number of thiazole rings is 1. The van der Waals surface area contributed by atoms with Gasteiger partial charge < -0.3 is 15.5 Å². The highest BCUT2D eigenvalue weighted by molar-refractivity contribution is 7.18. The first-order valence-corrected chi connectivity index (χ1v) is 11.2. The number of hydrogen-bond donors (Lipinski definition) is 2. The van der Waals surface area contributed by atoms with Crippen molar-refractivity contribution in [2.45, 2.75) is 58.3 Å². The van der Waals surface area contributed by atoms with Crippen LogP contribution in [0.3, 0.4) is 0 Å². The van der Waals surface area contributed by atoms with Crippen LogP contribution in [0.1, 0.15) is 48.9 Å². The van der Waals surface area contributed by atoms with Crippen LogP contribution < -0.4 is 15.5 Å². The Morgan fingerprint density at radius 1 is 1.24 bits per heavy atom. The van der Waals surface area contributed by atoms with Gasteiger partial charge in [0.15, 0.2) is 5.75 Å². The van der Waals surface area contributed by atoms with Gasteiger partial charge in [-0.15, -0.1) is 11.3 Å². The van der Waals surface area contributed by atoms with Crippen LogP contribution in [-0.4, -0.2) is 23.7 Å². The van der Waals surface area contributed by atoms with Crippen molar-refractivity contribution < 1.29 is 9.78 Å². The normalized spacial score (nSPS) is 19.7. The van der Waals surface area contributed by atoms with Gasteiger partial charge in [0.2, 0.25) is 0 Å². The lowest BCUT2D eigenvalue weighted by molar-refractivity contribution is -0.235. The smallest absolute Gasteiger partial charge is 0.171 e. The first kappa shape index (κ1) is 20.3. The SMILES string of the molecule is Cc1nc2cc(CN[C@H]3CCCN[C@H]3c3ccccc3)c(OOC(C)C)cc2s1. The van der Waals surface area contributed by atoms with Crippen molar-refractivity contribution in [2.24, 2.45) is 0 Å². The number of nitrogens with zero attached hydrogens (tertiary/aromatic N) is 1. The molecule has 0 amide bonds. The Morgan fingerprint density at radius 2 is 2.07 bits per heavy atom. The highest BCUT2D eigenvalue weighted by Gasteiger charge is 2.26. The second-order valence-corrected chi connectivity index (χ2v) is 9.10. The van der Waals surface area contributed by atoms with Crippen molar-refractivity contribution in [3.63, 3.8) is 0 Å². The molecule has 2 heterocycles. The van der Waals surface area contributed by atoms with E-state index >= 15 is 0 Å². The topological polar surface area (TPSA) is 55.4 Å². The molecule has 2 atom stereocenters. The van der Waals surface area contributed by atoms with E-state index < -0.39 is 0 Å². The van der Waals surface area contributed by atoms with Gasteiger partial charge in [-0.25, -0.2) is 4.98 Å². The minimum atomic E-state index is -0.000270. The predicted molar refractivity (Wildman–Crippen MR) is 118 cm³/mol. The molecule has 2 N–H and O–H groups in total. The van der Waals surface area contributed by atoms with Gasteiger partial charge in [-0.1, -0.05) is 30.3 Å². The summed E-state index contributed by atoms with van der Waals surface area (Å²) >= 11 is 1.68. The highest BCUT2D eigenvalue weighted by Crippen LogP contribution is 2.31. The minimum Gasteiger partial charge on any atom is -0.337 e. The third-order valence-corrected chi connectivity index (χ3v) is 6.11. The van der Waals surface area contributed by atoms with Crippen LogP contribution in [0.2, 0.25) is 0 Å². The van der Waals surface area contributed by atoms with E-state index in [1.54, 1.807) is 11.3 Å². The number of fused-ring (bicyclic) bond motifs is 1. The molecule has 1 aliphatic heterocycles. The predicted octanol–water partition coefficient (Wildman–Crippen LogP) is 4.91. The lowest BCUT2D eigenvalue weighted by Crippen LogP contribution is -2.45. The van der Waals surface area contributed by atoms with Crippen molar-refractivity contribution in [3.8, 4) is 5.75 Å². The largest absolute Gasteiger partial charge is 0.337 e. The lowest BCUT2D eigenvalue weighted by atomic mass is 9.92. The van der Waals surface area contributed by atoms with Gasteiger partial charge in [0.25, 0.3) is 0 Å². The summed E-state index contributed by atoms with van der Waals surface area (Å²) in [6, 6.07) is 15.5. The molecule has 1 aromatic heterocycles. The molecule has 3 aromatic rings. The van der Waals surface area contributed by atoms with Gasteiger partial charge in [-0.3, -0.25) is 0 Å². The second kappa shape index (κ2) is 9.22. The Morgan fingerprint density at radius 3 is 2.86 bits per heavy atom. The maximum atomic E-state index is 5.69. The monoisotopic (exact) mass is 411 g/mol. The van der Waals surface area contributed by atoms with Gasteiger partial charge in [-0.05, 0) is 51.8 Å². The fourth-order valence-electron chi connectivity index (χ4n) is 3.84. The average molecular weight is 412 g/mol. The molecule has 5 nitrogen and oxygen atoms in total. The molecular formula is C23H29N3O2S. The number of nitrogens with one attached hydrogen (secondary N) is 2. The molecule has 6 heteroatoms. The molecule has 0 bridgehead atoms. The van der Waals surface area contributed by atoms with Crippen LogP contribution in [-0.2, 0) is 11.4 Å². The molecule has 1 aliphatic rings. The molecule has 0 radical (unpaired) electrons. The maximum Gasteiger partial charge on any atom is 0.171 e. The Balaban J connectivity index is 1.54. The Labute approximate surface area is 176 Å². The van der Waals surface area contributed by atoms with Crippen LogP contribution in [0.4, 0.5) is 0 Å². The third kappa shape index (κ3) is 4.95. The van der Waals surface area contributed by atoms with E-state index in [0.717, 1.165) is 39.5 Å². The van der Waals surface area contributed by atoms with Gasteiger partial charge in [0, 0.05) is 30.3 Å². The van der Waals surface area contributed by atoms with Gasteiger partial charge >= 0.3 is 0 Å². The van der Waals surface area contributed by atoms with Crippen molar-refractivity contribution in [2.75, 3.05) is 6.54 Å². The van der Waals surface area contributed by atoms with E-state index in [1.165, 1.54) is 12.0 Å². The number of aryl methyl sites for hydroxylation is 1. The standard InChI is InChI=1S/C23H29N3O2S/c1-15(2)27-28-21-13-22-20(26-16(3)29-22)12-18(21)14-25-19-10-7-11-24-23(19)17-8-5-4-6-9-17/h4-6,8-9,12-13,15,19,23-25H,7,10-11,14H2,1-3H3/t19-,23-/m0/s1. The molecule has 1 fully saturated rings. The summed E-state index contributed by atoms with van der Waals surface area (Å²) in [5.41, 5.74) is 3.42. The summed E-state index contributed by atoms with van der Waals surface area (Å²) < 4.78 is 1.12. The molecule has 0 unspecified atom stereocenters. The Kier molecular flexibility index (Phi) is 6.45. The minimum absolute atomic E-state index is 0.000270. The van der Waals surface area contributed by atoms with Gasteiger partial charge in [0.05, 0.1) is 21.3 Å². The second-order valence-electron chi connectivity index (χ2n) is 7.86. The van der Waals surface area contributed by atoms with Crippen molar-refractivity contribution in [1.82, 2.24) is 15.6 Å². The molecule has 4 rings (SSSR count). The van der Waals surface area contributed by atoms with Crippen LogP contribution in [0, 0.1) is 6.92 Å². The highest BCUT2D eigenvalue weighted by atomic mass is 32.1. The zero-order chi connectivity index (χ0) is 20.2. The zero-order valence-electron chi connectivity index (χ0n) is 17.3. The summed E-state index contributed by atoms with van der Waals surface area (Å²) in [7, 11) is 0. The van der Waals surface area contributed by atoms with Crippen molar-refractivity contribution >= 4 is 21.6 Å². The van der Waals surface area contributed by atoms with E-state index in [4.69, 9.17) is 9.78 Å². The molecule has 0 spiro atoms. The number of hydrogen-bond acceptors (Lipinski definition) is 6. The molecule has 154 valence electrons. The van der Waals surface area contributed by atoms with Crippen LogP contribution in [0.15, 0.2) is 42.5 Å². The van der Waals surface area contributed by atoms with E-state index in [1.807, 2.05) is 26.8 Å². The number of aromatic nitrogens is 1. The third-order valence-electron chi connectivity index (χ3n) is 5.18. The molecule has 29 heavy (non-hydrogen) atoms. The Hall–Kier alpha value is -1.99. The maximum absolute atomic E-state index is 5.69. The van der Waals surface area contributed by atoms with Crippen molar-refractivity contribution in [3.05, 3.63) is 58.6 Å². The first-order chi connectivity index (χ1) is 14.1. The van der Waals surface area contributed by atoms with Gasteiger partial charge in [0.1, 0.15) is 0 Å². The number of rotatable bonds is 7. The lowest BCUT2D eigenvalue weighted by Gasteiger charge is -2.34. The summed E-state index contributed by atoms with van der Waals surface area (Å²) in [5, 5.41) is 8.50. The first-order valence-electron chi connectivity index (χ1n) is 10.4. The summed E-state index contributed by atoms with van der Waals surface area (Å²) in [4.78, 5) is 15.8. The zero-order valence-corrected chi connectivity index (χ0v) is 18.1. The van der Waals surface area contributed by atoms with Crippen molar-refractivity contribution in [1.29, 1.82) is 0 Å². The van der Waals surface area contributed by atoms with Crippen LogP contribution in [0.25, 0.3) is 10.2 Å². The molecular weight excluding hydrogens is 382 g/mol. The fraction of sp³-hybridized carbons (Fsp3) is 0.435. The van der Waals surface area contributed by atoms with E-state index in [9.17, 15) is 0 Å². The fourth-order valence-corrected chi connectivity index (χ4v) is 4.67. The van der Waals surface area contributed by atoms with Crippen LogP contribution in [0.5, 0.6) is 5.75 Å². The number of piperidine rings is 1. The molecule has 0 saturated carbocycles. The van der Waals surface area contributed by atoms with Crippen LogP contribution >= 0.6 is 11.3 Å². The molecule has 1 saturated heterocycles. The summed E-state index contributed by atoms with van der Waals surface area (Å²) in [5.74, 6) is 0.766. The van der Waals surface area contributed by atoms with E-state index in [-0.39, 0.29) is 6.10 Å². The Bertz CT molecular complexity index is 942. The average Bonchev–Trinajstić information content (AvgIpc) is 3.10. The molecule has 2 aromatic carbocycles. The number of benzene rings is 2. The van der Waals surface area contributed by atoms with E-state index in [0.29, 0.717) is 18.6 Å². The van der Waals surface area contributed by atoms with E-state index in [2.05, 4.69) is 52.0 Å². The van der Waals surface area contributed by atoms with Gasteiger partial charge in [-0.2, -0.15) is 4.89 Å². The molecule has 0 aliphatic carbocycles. The summed E-state index contributed by atoms with van der Waals surface area (Å²) in [6.45, 7) is 7.72. The summed E-state index contributed by atoms with van der Waals surface area (Å²) in [6.07, 6.45) is 2.31.